The van der Waals surface area contributed by atoms with Gasteiger partial charge in [-0.1, -0.05) is 6.92 Å². The summed E-state index contributed by atoms with van der Waals surface area (Å²) in [5, 5.41) is 12.4. The van der Waals surface area contributed by atoms with Crippen LogP contribution in [0.4, 0.5) is 5.13 Å². The molecular formula is C12H20N2O2S. The molecule has 1 aliphatic heterocycles. The van der Waals surface area contributed by atoms with E-state index in [1.54, 1.807) is 11.3 Å². The third-order valence-electron chi connectivity index (χ3n) is 2.86. The summed E-state index contributed by atoms with van der Waals surface area (Å²) in [7, 11) is 0. The fourth-order valence-electron chi connectivity index (χ4n) is 2.14. The van der Waals surface area contributed by atoms with E-state index < -0.39 is 0 Å². The average Bonchev–Trinajstić information content (AvgIpc) is 2.75. The molecule has 1 saturated heterocycles. The molecule has 0 aliphatic carbocycles. The van der Waals surface area contributed by atoms with Gasteiger partial charge in [0.2, 0.25) is 0 Å². The Morgan fingerprint density at radius 2 is 2.41 bits per heavy atom. The molecule has 2 rings (SSSR count). The number of thiazole rings is 1. The van der Waals surface area contributed by atoms with E-state index in [1.807, 2.05) is 0 Å². The molecule has 0 radical (unpaired) electrons. The highest BCUT2D eigenvalue weighted by Crippen LogP contribution is 2.28. The van der Waals surface area contributed by atoms with Crippen LogP contribution in [0, 0.1) is 0 Å². The molecule has 96 valence electrons. The third kappa shape index (κ3) is 2.97. The van der Waals surface area contributed by atoms with Gasteiger partial charge in [-0.15, -0.1) is 11.3 Å². The van der Waals surface area contributed by atoms with Gasteiger partial charge < -0.3 is 14.7 Å². The second kappa shape index (κ2) is 4.92. The van der Waals surface area contributed by atoms with Crippen molar-refractivity contribution < 1.29 is 9.84 Å². The molecule has 0 amide bonds. The summed E-state index contributed by atoms with van der Waals surface area (Å²) in [6.45, 7) is 7.81. The predicted molar refractivity (Wildman–Crippen MR) is 69.7 cm³/mol. The second-order valence-electron chi connectivity index (χ2n) is 5.04. The van der Waals surface area contributed by atoms with Crippen LogP contribution in [0.15, 0.2) is 5.38 Å². The molecule has 1 aromatic rings. The quantitative estimate of drug-likeness (QED) is 0.894. The van der Waals surface area contributed by atoms with Crippen LogP contribution in [0.1, 0.15) is 26.5 Å². The highest BCUT2D eigenvalue weighted by molar-refractivity contribution is 7.13. The first-order valence-electron chi connectivity index (χ1n) is 6.02. The monoisotopic (exact) mass is 256 g/mol. The van der Waals surface area contributed by atoms with Crippen LogP contribution in [-0.4, -0.2) is 41.5 Å². The fourth-order valence-corrected chi connectivity index (χ4v) is 3.06. The molecule has 17 heavy (non-hydrogen) atoms. The van der Waals surface area contributed by atoms with Crippen molar-refractivity contribution in [2.24, 2.45) is 0 Å². The number of ether oxygens (including phenoxy) is 1. The van der Waals surface area contributed by atoms with Crippen LogP contribution in [0.25, 0.3) is 0 Å². The Kier molecular flexibility index (Phi) is 3.70. The number of rotatable bonds is 3. The topological polar surface area (TPSA) is 45.6 Å². The molecule has 1 unspecified atom stereocenters. The van der Waals surface area contributed by atoms with Gasteiger partial charge in [-0.2, -0.15) is 0 Å². The first-order chi connectivity index (χ1) is 8.04. The maximum atomic E-state index is 9.27. The van der Waals surface area contributed by atoms with Crippen molar-refractivity contribution in [1.82, 2.24) is 4.98 Å². The number of aryl methyl sites for hydroxylation is 1. The maximum Gasteiger partial charge on any atom is 0.185 e. The van der Waals surface area contributed by atoms with Gasteiger partial charge in [-0.3, -0.25) is 0 Å². The maximum absolute atomic E-state index is 9.27. The summed E-state index contributed by atoms with van der Waals surface area (Å²) < 4.78 is 5.79. The van der Waals surface area contributed by atoms with E-state index in [-0.39, 0.29) is 18.3 Å². The summed E-state index contributed by atoms with van der Waals surface area (Å²) in [6.07, 6.45) is 0.848. The molecular weight excluding hydrogens is 236 g/mol. The number of aliphatic hydroxyl groups is 1. The van der Waals surface area contributed by atoms with Crippen LogP contribution in [-0.2, 0) is 11.2 Å². The minimum Gasteiger partial charge on any atom is -0.394 e. The molecule has 4 nitrogen and oxygen atoms in total. The summed E-state index contributed by atoms with van der Waals surface area (Å²) >= 11 is 1.67. The molecule has 1 aromatic heterocycles. The van der Waals surface area contributed by atoms with Crippen molar-refractivity contribution in [3.63, 3.8) is 0 Å². The van der Waals surface area contributed by atoms with Crippen LogP contribution >= 0.6 is 11.3 Å². The Hall–Kier alpha value is -0.650. The number of nitrogens with zero attached hydrogens (tertiary/aromatic N) is 2. The Bertz CT molecular complexity index is 378. The Morgan fingerprint density at radius 1 is 1.65 bits per heavy atom. The van der Waals surface area contributed by atoms with Gasteiger partial charge in [0, 0.05) is 18.5 Å². The first-order valence-corrected chi connectivity index (χ1v) is 6.90. The molecule has 0 aromatic carbocycles. The second-order valence-corrected chi connectivity index (χ2v) is 5.87. The number of hydrogen-bond donors (Lipinski definition) is 1. The zero-order valence-electron chi connectivity index (χ0n) is 10.6. The van der Waals surface area contributed by atoms with Gasteiger partial charge in [-0.25, -0.2) is 4.98 Å². The number of morpholine rings is 1. The van der Waals surface area contributed by atoms with E-state index in [2.05, 4.69) is 36.0 Å². The van der Waals surface area contributed by atoms with Gasteiger partial charge in [0.15, 0.2) is 5.13 Å². The first kappa shape index (κ1) is 12.8. The van der Waals surface area contributed by atoms with Gasteiger partial charge >= 0.3 is 0 Å². The smallest absolute Gasteiger partial charge is 0.185 e. The Morgan fingerprint density at radius 3 is 3.00 bits per heavy atom. The van der Waals surface area contributed by atoms with Crippen LogP contribution in [0.2, 0.25) is 0 Å². The van der Waals surface area contributed by atoms with Gasteiger partial charge in [-0.05, 0) is 20.3 Å². The van der Waals surface area contributed by atoms with E-state index in [1.165, 1.54) is 0 Å². The molecule has 0 spiro atoms. The van der Waals surface area contributed by atoms with E-state index >= 15 is 0 Å². The van der Waals surface area contributed by atoms with Crippen LogP contribution < -0.4 is 4.90 Å². The molecule has 5 heteroatoms. The summed E-state index contributed by atoms with van der Waals surface area (Å²) in [4.78, 5) is 6.81. The fraction of sp³-hybridized carbons (Fsp3) is 0.750. The number of aliphatic hydroxyl groups excluding tert-OH is 1. The third-order valence-corrected chi connectivity index (χ3v) is 3.81. The SMILES string of the molecule is CCc1csc(N2CC(CO)OC(C)(C)C2)n1. The minimum atomic E-state index is -0.232. The lowest BCUT2D eigenvalue weighted by Crippen LogP contribution is -2.54. The Labute approximate surface area is 106 Å². The Balaban J connectivity index is 2.14. The van der Waals surface area contributed by atoms with Gasteiger partial charge in [0.1, 0.15) is 0 Å². The standard InChI is InChI=1S/C12H20N2O2S/c1-4-9-7-17-11(13-9)14-5-10(6-15)16-12(2,3)8-14/h7,10,15H,4-6,8H2,1-3H3. The highest BCUT2D eigenvalue weighted by Gasteiger charge is 2.34. The van der Waals surface area contributed by atoms with Crippen molar-refractivity contribution in [3.8, 4) is 0 Å². The minimum absolute atomic E-state index is 0.0614. The highest BCUT2D eigenvalue weighted by atomic mass is 32.1. The lowest BCUT2D eigenvalue weighted by molar-refractivity contribution is -0.101. The lowest BCUT2D eigenvalue weighted by atomic mass is 10.1. The molecule has 2 heterocycles. The van der Waals surface area contributed by atoms with E-state index in [4.69, 9.17) is 4.74 Å². The van der Waals surface area contributed by atoms with Crippen LogP contribution in [0.3, 0.4) is 0 Å². The van der Waals surface area contributed by atoms with E-state index in [0.717, 1.165) is 30.3 Å². The van der Waals surface area contributed by atoms with Crippen molar-refractivity contribution >= 4 is 16.5 Å². The number of anilines is 1. The van der Waals surface area contributed by atoms with Crippen molar-refractivity contribution in [3.05, 3.63) is 11.1 Å². The van der Waals surface area contributed by atoms with Crippen LogP contribution in [0.5, 0.6) is 0 Å². The zero-order chi connectivity index (χ0) is 12.5. The predicted octanol–water partition coefficient (Wildman–Crippen LogP) is 1.68. The average molecular weight is 256 g/mol. The van der Waals surface area contributed by atoms with Crippen molar-refractivity contribution in [2.45, 2.75) is 38.9 Å². The number of aromatic nitrogens is 1. The lowest BCUT2D eigenvalue weighted by Gasteiger charge is -2.42. The number of hydrogen-bond acceptors (Lipinski definition) is 5. The summed E-state index contributed by atoms with van der Waals surface area (Å²) in [6, 6.07) is 0. The molecule has 0 bridgehead atoms. The summed E-state index contributed by atoms with van der Waals surface area (Å²) in [5.41, 5.74) is 0.902. The van der Waals surface area contributed by atoms with E-state index in [0.29, 0.717) is 0 Å². The van der Waals surface area contributed by atoms with E-state index in [9.17, 15) is 5.11 Å². The molecule has 0 saturated carbocycles. The molecule has 1 N–H and O–H groups in total. The molecule has 1 fully saturated rings. The molecule has 1 aliphatic rings. The summed E-state index contributed by atoms with van der Waals surface area (Å²) in [5.74, 6) is 0. The van der Waals surface area contributed by atoms with Crippen molar-refractivity contribution in [2.75, 3.05) is 24.6 Å². The zero-order valence-corrected chi connectivity index (χ0v) is 11.5. The van der Waals surface area contributed by atoms with Gasteiger partial charge in [0.25, 0.3) is 0 Å². The molecule has 1 atom stereocenters. The van der Waals surface area contributed by atoms with Crippen molar-refractivity contribution in [1.29, 1.82) is 0 Å². The van der Waals surface area contributed by atoms with Gasteiger partial charge in [0.05, 0.1) is 24.0 Å². The largest absolute Gasteiger partial charge is 0.394 e. The normalized spacial score (nSPS) is 24.0.